The number of rotatable bonds is 30. The Labute approximate surface area is 271 Å². The molecule has 2 N–H and O–H groups in total. The number of carboxylic acid groups (broad SMARTS) is 2. The van der Waals surface area contributed by atoms with Gasteiger partial charge in [0.2, 0.25) is 0 Å². The minimum atomic E-state index is -0.654. The van der Waals surface area contributed by atoms with Crippen LogP contribution in [0.15, 0.2) is 0 Å². The van der Waals surface area contributed by atoms with Crippen LogP contribution in [0.1, 0.15) is 207 Å². The zero-order chi connectivity index (χ0) is 30.1. The van der Waals surface area contributed by atoms with Gasteiger partial charge < -0.3 is 10.2 Å². The fraction of sp³-hybridized carbons (Fsp3) is 0.944. The average molecular weight is 617 g/mol. The summed E-state index contributed by atoms with van der Waals surface area (Å²) in [5.74, 6) is 0.424. The predicted octanol–water partition coefficient (Wildman–Crippen LogP) is 12.4. The standard InChI is InChI=1S/2C18H36O2.Ti/c2*1-17(2)15-13-11-9-7-5-3-4-6-8-10-12-14-16-18(19)20;/h2*17H,3-16H2,1-2H3,(H,19,20);. The molecule has 5 heteroatoms. The molecule has 0 atom stereocenters. The van der Waals surface area contributed by atoms with E-state index in [-0.39, 0.29) is 21.7 Å². The number of hydrogen-bond acceptors (Lipinski definition) is 2. The Morgan fingerprint density at radius 1 is 0.366 bits per heavy atom. The van der Waals surface area contributed by atoms with Gasteiger partial charge in [-0.2, -0.15) is 0 Å². The van der Waals surface area contributed by atoms with E-state index in [1.165, 1.54) is 141 Å². The van der Waals surface area contributed by atoms with Gasteiger partial charge in [0.05, 0.1) is 0 Å². The van der Waals surface area contributed by atoms with Crippen molar-refractivity contribution in [3.63, 3.8) is 0 Å². The molecule has 0 rings (SSSR count). The summed E-state index contributed by atoms with van der Waals surface area (Å²) >= 11 is 0. The number of aliphatic carboxylic acids is 2. The molecule has 0 amide bonds. The minimum Gasteiger partial charge on any atom is -0.481 e. The summed E-state index contributed by atoms with van der Waals surface area (Å²) in [5, 5.41) is 17.0. The van der Waals surface area contributed by atoms with Gasteiger partial charge in [0.15, 0.2) is 0 Å². The molecule has 0 saturated heterocycles. The van der Waals surface area contributed by atoms with Crippen molar-refractivity contribution in [2.75, 3.05) is 0 Å². The Kier molecular flexibility index (Phi) is 41.4. The summed E-state index contributed by atoms with van der Waals surface area (Å²) in [6.45, 7) is 9.23. The van der Waals surface area contributed by atoms with Gasteiger partial charge in [-0.3, -0.25) is 9.59 Å². The summed E-state index contributed by atoms with van der Waals surface area (Å²) in [4.78, 5) is 20.7. The van der Waals surface area contributed by atoms with Crippen molar-refractivity contribution in [1.82, 2.24) is 0 Å². The molecule has 0 aliphatic carbocycles. The van der Waals surface area contributed by atoms with Crippen LogP contribution in [0.5, 0.6) is 0 Å². The normalized spacial score (nSPS) is 10.9. The summed E-state index contributed by atoms with van der Waals surface area (Å²) in [7, 11) is 0. The molecule has 0 saturated carbocycles. The fourth-order valence-corrected chi connectivity index (χ4v) is 5.19. The Bertz CT molecular complexity index is 476. The minimum absolute atomic E-state index is 0. The second-order valence-electron chi connectivity index (χ2n) is 13.1. The van der Waals surface area contributed by atoms with Crippen LogP contribution in [0, 0.1) is 11.8 Å². The first-order valence-electron chi connectivity index (χ1n) is 17.7. The van der Waals surface area contributed by atoms with Gasteiger partial charge in [0.25, 0.3) is 0 Å². The molecule has 41 heavy (non-hydrogen) atoms. The first-order chi connectivity index (χ1) is 19.3. The van der Waals surface area contributed by atoms with Gasteiger partial charge in [0.1, 0.15) is 0 Å². The Morgan fingerprint density at radius 3 is 0.707 bits per heavy atom. The van der Waals surface area contributed by atoms with E-state index in [4.69, 9.17) is 10.2 Å². The van der Waals surface area contributed by atoms with Crippen LogP contribution in [-0.2, 0) is 31.3 Å². The summed E-state index contributed by atoms with van der Waals surface area (Å²) in [6.07, 6.45) is 34.6. The fourth-order valence-electron chi connectivity index (χ4n) is 5.19. The molecule has 0 radical (unpaired) electrons. The van der Waals surface area contributed by atoms with Crippen LogP contribution in [-0.4, -0.2) is 22.2 Å². The van der Waals surface area contributed by atoms with Crippen LogP contribution in [0.2, 0.25) is 0 Å². The second-order valence-corrected chi connectivity index (χ2v) is 13.1. The monoisotopic (exact) mass is 616 g/mol. The molecule has 0 bridgehead atoms. The van der Waals surface area contributed by atoms with E-state index < -0.39 is 11.9 Å². The van der Waals surface area contributed by atoms with Crippen LogP contribution in [0.25, 0.3) is 0 Å². The van der Waals surface area contributed by atoms with Crippen molar-refractivity contribution in [2.45, 2.75) is 207 Å². The molecule has 0 unspecified atom stereocenters. The molecule has 0 aliphatic heterocycles. The van der Waals surface area contributed by atoms with Gasteiger partial charge in [-0.1, -0.05) is 182 Å². The van der Waals surface area contributed by atoms with Gasteiger partial charge >= 0.3 is 11.9 Å². The molecule has 244 valence electrons. The van der Waals surface area contributed by atoms with Crippen molar-refractivity contribution in [3.8, 4) is 0 Å². The van der Waals surface area contributed by atoms with E-state index in [0.29, 0.717) is 12.8 Å². The molecular weight excluding hydrogens is 544 g/mol. The van der Waals surface area contributed by atoms with E-state index >= 15 is 0 Å². The number of carboxylic acids is 2. The summed E-state index contributed by atoms with van der Waals surface area (Å²) in [6, 6.07) is 0. The molecule has 0 aromatic rings. The third kappa shape index (κ3) is 49.6. The molecule has 0 aliphatic rings. The molecule has 0 spiro atoms. The van der Waals surface area contributed by atoms with Crippen molar-refractivity contribution in [1.29, 1.82) is 0 Å². The third-order valence-electron chi connectivity index (χ3n) is 7.84. The SMILES string of the molecule is CC(C)CCCCCCCCCCCCCCC(=O)O.CC(C)CCCCCCCCCCCCCCC(=O)O.[Ti]. The van der Waals surface area contributed by atoms with Crippen molar-refractivity contribution < 1.29 is 41.5 Å². The Balaban J connectivity index is -0.000000688. The summed E-state index contributed by atoms with van der Waals surface area (Å²) < 4.78 is 0. The topological polar surface area (TPSA) is 74.6 Å². The van der Waals surface area contributed by atoms with Crippen molar-refractivity contribution in [2.24, 2.45) is 11.8 Å². The largest absolute Gasteiger partial charge is 0.481 e. The average Bonchev–Trinajstić information content (AvgIpc) is 2.88. The van der Waals surface area contributed by atoms with E-state index in [0.717, 1.165) is 37.5 Å². The van der Waals surface area contributed by atoms with Crippen LogP contribution < -0.4 is 0 Å². The molecule has 0 fully saturated rings. The Hall–Kier alpha value is -0.346. The van der Waals surface area contributed by atoms with E-state index in [1.807, 2.05) is 0 Å². The van der Waals surface area contributed by atoms with Gasteiger partial charge in [0, 0.05) is 34.6 Å². The third-order valence-corrected chi connectivity index (χ3v) is 7.84. The Morgan fingerprint density at radius 2 is 0.537 bits per heavy atom. The molecular formula is C36H72O4Ti. The van der Waals surface area contributed by atoms with Gasteiger partial charge in [-0.05, 0) is 24.7 Å². The van der Waals surface area contributed by atoms with Crippen molar-refractivity contribution in [3.05, 3.63) is 0 Å². The van der Waals surface area contributed by atoms with Crippen LogP contribution in [0.4, 0.5) is 0 Å². The second kappa shape index (κ2) is 37.7. The van der Waals surface area contributed by atoms with E-state index in [9.17, 15) is 9.59 Å². The predicted molar refractivity (Wildman–Crippen MR) is 174 cm³/mol. The smallest absolute Gasteiger partial charge is 0.303 e. The first kappa shape index (κ1) is 45.1. The molecule has 0 heterocycles. The first-order valence-corrected chi connectivity index (χ1v) is 17.7. The maximum absolute atomic E-state index is 10.3. The van der Waals surface area contributed by atoms with Crippen molar-refractivity contribution >= 4 is 11.9 Å². The van der Waals surface area contributed by atoms with Gasteiger partial charge in [-0.25, -0.2) is 0 Å². The molecule has 0 aromatic heterocycles. The quantitative estimate of drug-likeness (QED) is 0.0622. The van der Waals surface area contributed by atoms with Gasteiger partial charge in [-0.15, -0.1) is 0 Å². The molecule has 4 nitrogen and oxygen atoms in total. The van der Waals surface area contributed by atoms with E-state index in [1.54, 1.807) is 0 Å². The number of hydrogen-bond donors (Lipinski definition) is 2. The van der Waals surface area contributed by atoms with Crippen LogP contribution >= 0.6 is 0 Å². The van der Waals surface area contributed by atoms with E-state index in [2.05, 4.69) is 27.7 Å². The number of carbonyl (C=O) groups is 2. The zero-order valence-corrected chi connectivity index (χ0v) is 29.7. The number of unbranched alkanes of at least 4 members (excludes halogenated alkanes) is 22. The zero-order valence-electron chi connectivity index (χ0n) is 28.2. The summed E-state index contributed by atoms with van der Waals surface area (Å²) in [5.41, 5.74) is 0. The maximum Gasteiger partial charge on any atom is 0.303 e. The maximum atomic E-state index is 10.3. The molecule has 0 aromatic carbocycles. The van der Waals surface area contributed by atoms with Crippen LogP contribution in [0.3, 0.4) is 0 Å².